The molecule has 4 nitrogen and oxygen atoms in total. The molecule has 0 amide bonds. The summed E-state index contributed by atoms with van der Waals surface area (Å²) in [6.07, 6.45) is 3.66. The van der Waals surface area contributed by atoms with Crippen LogP contribution in [-0.2, 0) is 13.1 Å². The molecule has 2 heterocycles. The van der Waals surface area contributed by atoms with Crippen LogP contribution in [0.4, 0.5) is 5.82 Å². The Morgan fingerprint density at radius 3 is 2.75 bits per heavy atom. The highest BCUT2D eigenvalue weighted by atomic mass is 35.5. The third-order valence-corrected chi connectivity index (χ3v) is 3.30. The van der Waals surface area contributed by atoms with Gasteiger partial charge in [0.05, 0.1) is 17.3 Å². The van der Waals surface area contributed by atoms with E-state index >= 15 is 0 Å². The number of hydrogen-bond acceptors (Lipinski definition) is 4. The van der Waals surface area contributed by atoms with Crippen LogP contribution in [0.1, 0.15) is 18.2 Å². The molecule has 0 aliphatic heterocycles. The van der Waals surface area contributed by atoms with Gasteiger partial charge in [0.25, 0.3) is 0 Å². The first-order valence-electron chi connectivity index (χ1n) is 6.68. The van der Waals surface area contributed by atoms with E-state index in [4.69, 9.17) is 11.6 Å². The lowest BCUT2D eigenvalue weighted by Gasteiger charge is -2.22. The summed E-state index contributed by atoms with van der Waals surface area (Å²) < 4.78 is 0. The molecular formula is C15H19ClN4. The van der Waals surface area contributed by atoms with Crippen molar-refractivity contribution in [3.63, 3.8) is 0 Å². The summed E-state index contributed by atoms with van der Waals surface area (Å²) in [5.41, 5.74) is 2.08. The molecule has 106 valence electrons. The van der Waals surface area contributed by atoms with Crippen molar-refractivity contribution in [3.8, 4) is 0 Å². The minimum absolute atomic E-state index is 0.676. The van der Waals surface area contributed by atoms with Crippen LogP contribution in [0, 0.1) is 0 Å². The zero-order chi connectivity index (χ0) is 14.4. The SMILES string of the molecule is CCN(Cc1ccccn1)c1ncc(CNC)cc1Cl. The number of rotatable bonds is 6. The molecule has 1 N–H and O–H groups in total. The zero-order valence-corrected chi connectivity index (χ0v) is 12.6. The van der Waals surface area contributed by atoms with Gasteiger partial charge in [-0.25, -0.2) is 4.98 Å². The number of anilines is 1. The van der Waals surface area contributed by atoms with E-state index in [2.05, 4.69) is 27.1 Å². The van der Waals surface area contributed by atoms with Gasteiger partial charge in [-0.1, -0.05) is 17.7 Å². The molecule has 0 spiro atoms. The van der Waals surface area contributed by atoms with Gasteiger partial charge in [-0.05, 0) is 37.7 Å². The number of nitrogens with zero attached hydrogens (tertiary/aromatic N) is 3. The summed E-state index contributed by atoms with van der Waals surface area (Å²) in [6, 6.07) is 7.87. The molecule has 0 saturated heterocycles. The van der Waals surface area contributed by atoms with E-state index in [9.17, 15) is 0 Å². The molecule has 0 fully saturated rings. The highest BCUT2D eigenvalue weighted by Gasteiger charge is 2.12. The van der Waals surface area contributed by atoms with Gasteiger partial charge in [0.2, 0.25) is 0 Å². The Labute approximate surface area is 124 Å². The summed E-state index contributed by atoms with van der Waals surface area (Å²) >= 11 is 6.35. The largest absolute Gasteiger partial charge is 0.350 e. The van der Waals surface area contributed by atoms with Crippen LogP contribution in [0.5, 0.6) is 0 Å². The minimum Gasteiger partial charge on any atom is -0.350 e. The molecule has 0 atom stereocenters. The smallest absolute Gasteiger partial charge is 0.147 e. The molecule has 0 unspecified atom stereocenters. The molecular weight excluding hydrogens is 272 g/mol. The van der Waals surface area contributed by atoms with Gasteiger partial charge in [-0.2, -0.15) is 0 Å². The topological polar surface area (TPSA) is 41.1 Å². The Balaban J connectivity index is 2.19. The summed E-state index contributed by atoms with van der Waals surface area (Å²) in [6.45, 7) is 4.38. The Hall–Kier alpha value is -1.65. The van der Waals surface area contributed by atoms with E-state index in [1.165, 1.54) is 0 Å². The van der Waals surface area contributed by atoms with Crippen molar-refractivity contribution >= 4 is 17.4 Å². The summed E-state index contributed by atoms with van der Waals surface area (Å²) in [5, 5.41) is 3.77. The van der Waals surface area contributed by atoms with Crippen LogP contribution in [0.2, 0.25) is 5.02 Å². The van der Waals surface area contributed by atoms with Gasteiger partial charge in [0.1, 0.15) is 5.82 Å². The average Bonchev–Trinajstić information content (AvgIpc) is 2.47. The van der Waals surface area contributed by atoms with Crippen LogP contribution < -0.4 is 10.2 Å². The molecule has 0 aromatic carbocycles. The maximum Gasteiger partial charge on any atom is 0.147 e. The summed E-state index contributed by atoms with van der Waals surface area (Å²) in [5.74, 6) is 0.805. The quantitative estimate of drug-likeness (QED) is 0.888. The van der Waals surface area contributed by atoms with E-state index < -0.39 is 0 Å². The predicted octanol–water partition coefficient (Wildman–Crippen LogP) is 2.88. The Kier molecular flexibility index (Phi) is 5.32. The molecule has 5 heteroatoms. The van der Waals surface area contributed by atoms with E-state index in [-0.39, 0.29) is 0 Å². The van der Waals surface area contributed by atoms with Gasteiger partial charge >= 0.3 is 0 Å². The van der Waals surface area contributed by atoms with Crippen molar-refractivity contribution in [2.75, 3.05) is 18.5 Å². The molecule has 2 aromatic rings. The van der Waals surface area contributed by atoms with E-state index in [0.29, 0.717) is 11.6 Å². The molecule has 0 aliphatic carbocycles. The second-order valence-electron chi connectivity index (χ2n) is 4.51. The van der Waals surface area contributed by atoms with Crippen molar-refractivity contribution in [3.05, 3.63) is 52.9 Å². The number of pyridine rings is 2. The van der Waals surface area contributed by atoms with Crippen molar-refractivity contribution in [2.45, 2.75) is 20.0 Å². The lowest BCUT2D eigenvalue weighted by Crippen LogP contribution is -2.24. The number of hydrogen-bond donors (Lipinski definition) is 1. The highest BCUT2D eigenvalue weighted by molar-refractivity contribution is 6.33. The normalized spacial score (nSPS) is 10.6. The molecule has 0 bridgehead atoms. The monoisotopic (exact) mass is 290 g/mol. The number of nitrogens with one attached hydrogen (secondary N) is 1. The highest BCUT2D eigenvalue weighted by Crippen LogP contribution is 2.25. The maximum atomic E-state index is 6.35. The fraction of sp³-hybridized carbons (Fsp3) is 0.333. The fourth-order valence-electron chi connectivity index (χ4n) is 2.03. The van der Waals surface area contributed by atoms with Gasteiger partial charge in [0, 0.05) is 25.5 Å². The standard InChI is InChI=1S/C15H19ClN4/c1-3-20(11-13-6-4-5-7-18-13)15-14(16)8-12(9-17-2)10-19-15/h4-8,10,17H,3,9,11H2,1-2H3. The first-order chi connectivity index (χ1) is 9.74. The molecule has 0 aliphatic rings. The molecule has 0 saturated carbocycles. The van der Waals surface area contributed by atoms with Gasteiger partial charge in [-0.15, -0.1) is 0 Å². The van der Waals surface area contributed by atoms with Crippen molar-refractivity contribution in [2.24, 2.45) is 0 Å². The predicted molar refractivity (Wildman–Crippen MR) is 83.0 cm³/mol. The lowest BCUT2D eigenvalue weighted by molar-refractivity contribution is 0.784. The van der Waals surface area contributed by atoms with E-state index in [1.54, 1.807) is 6.20 Å². The zero-order valence-electron chi connectivity index (χ0n) is 11.8. The Morgan fingerprint density at radius 2 is 2.15 bits per heavy atom. The van der Waals surface area contributed by atoms with Crippen LogP contribution >= 0.6 is 11.6 Å². The summed E-state index contributed by atoms with van der Waals surface area (Å²) in [7, 11) is 1.90. The van der Waals surface area contributed by atoms with Crippen molar-refractivity contribution in [1.82, 2.24) is 15.3 Å². The van der Waals surface area contributed by atoms with Crippen LogP contribution in [0.15, 0.2) is 36.7 Å². The second kappa shape index (κ2) is 7.22. The first kappa shape index (κ1) is 14.8. The molecule has 2 aromatic heterocycles. The van der Waals surface area contributed by atoms with Crippen LogP contribution in [0.25, 0.3) is 0 Å². The number of aromatic nitrogens is 2. The van der Waals surface area contributed by atoms with Crippen molar-refractivity contribution < 1.29 is 0 Å². The minimum atomic E-state index is 0.676. The maximum absolute atomic E-state index is 6.35. The third-order valence-electron chi connectivity index (χ3n) is 3.02. The van der Waals surface area contributed by atoms with Crippen LogP contribution in [-0.4, -0.2) is 23.6 Å². The second-order valence-corrected chi connectivity index (χ2v) is 4.92. The Bertz CT molecular complexity index is 545. The van der Waals surface area contributed by atoms with E-state index in [0.717, 1.165) is 30.2 Å². The van der Waals surface area contributed by atoms with Gasteiger partial charge in [0.15, 0.2) is 0 Å². The third kappa shape index (κ3) is 3.68. The summed E-state index contributed by atoms with van der Waals surface area (Å²) in [4.78, 5) is 11.0. The molecule has 20 heavy (non-hydrogen) atoms. The lowest BCUT2D eigenvalue weighted by atomic mass is 10.2. The van der Waals surface area contributed by atoms with Gasteiger partial charge < -0.3 is 10.2 Å². The first-order valence-corrected chi connectivity index (χ1v) is 7.06. The van der Waals surface area contributed by atoms with Crippen LogP contribution in [0.3, 0.4) is 0 Å². The Morgan fingerprint density at radius 1 is 1.30 bits per heavy atom. The van der Waals surface area contributed by atoms with Crippen molar-refractivity contribution in [1.29, 1.82) is 0 Å². The molecule has 2 rings (SSSR count). The van der Waals surface area contributed by atoms with Gasteiger partial charge in [-0.3, -0.25) is 4.98 Å². The molecule has 0 radical (unpaired) electrons. The fourth-order valence-corrected chi connectivity index (χ4v) is 2.34. The van der Waals surface area contributed by atoms with E-state index in [1.807, 2.05) is 37.5 Å². The average molecular weight is 291 g/mol. The number of halogens is 1.